The zero-order chi connectivity index (χ0) is 24.2. The third kappa shape index (κ3) is 4.56. The first kappa shape index (κ1) is 23.2. The summed E-state index contributed by atoms with van der Waals surface area (Å²) in [7, 11) is 3.95. The molecule has 4 aromatic rings. The van der Waals surface area contributed by atoms with Crippen molar-refractivity contribution in [1.82, 2.24) is 9.47 Å². The van der Waals surface area contributed by atoms with Crippen LogP contribution in [0.2, 0.25) is 0 Å². The van der Waals surface area contributed by atoms with E-state index in [0.717, 1.165) is 24.1 Å². The molecule has 0 unspecified atom stereocenters. The number of aromatic nitrogens is 1. The van der Waals surface area contributed by atoms with Crippen molar-refractivity contribution >= 4 is 22.6 Å². The second kappa shape index (κ2) is 9.89. The molecule has 0 amide bonds. The Morgan fingerprint density at radius 2 is 1.59 bits per heavy atom. The number of aromatic carboxylic acids is 1. The normalized spacial score (nSPS) is 11.4. The number of nitro groups is 1. The summed E-state index contributed by atoms with van der Waals surface area (Å²) in [6.07, 6.45) is 0.745. The largest absolute Gasteiger partial charge is 0.477 e. The summed E-state index contributed by atoms with van der Waals surface area (Å²) in [6.45, 7) is 1.28. The van der Waals surface area contributed by atoms with Gasteiger partial charge in [0.2, 0.25) is 0 Å². The van der Waals surface area contributed by atoms with Gasteiger partial charge in [-0.15, -0.1) is 0 Å². The van der Waals surface area contributed by atoms with Gasteiger partial charge in [-0.1, -0.05) is 60.7 Å². The van der Waals surface area contributed by atoms with Crippen molar-refractivity contribution in [3.63, 3.8) is 0 Å². The first-order valence-corrected chi connectivity index (χ1v) is 11.2. The molecule has 0 fully saturated rings. The van der Waals surface area contributed by atoms with Gasteiger partial charge in [0.15, 0.2) is 0 Å². The predicted molar refractivity (Wildman–Crippen MR) is 133 cm³/mol. The molecule has 0 saturated heterocycles. The summed E-state index contributed by atoms with van der Waals surface area (Å²) in [5.41, 5.74) is 3.23. The van der Waals surface area contributed by atoms with Crippen molar-refractivity contribution in [1.29, 1.82) is 0 Å². The highest BCUT2D eigenvalue weighted by atomic mass is 16.6. The summed E-state index contributed by atoms with van der Waals surface area (Å²) in [4.78, 5) is 26.0. The van der Waals surface area contributed by atoms with Crippen molar-refractivity contribution in [2.45, 2.75) is 18.9 Å². The van der Waals surface area contributed by atoms with Crippen LogP contribution in [0.15, 0.2) is 78.9 Å². The fourth-order valence-corrected chi connectivity index (χ4v) is 4.60. The monoisotopic (exact) mass is 457 g/mol. The number of hydrogen-bond donors (Lipinski definition) is 1. The van der Waals surface area contributed by atoms with Crippen molar-refractivity contribution in [3.05, 3.63) is 111 Å². The van der Waals surface area contributed by atoms with Crippen LogP contribution in [0.4, 0.5) is 5.69 Å². The van der Waals surface area contributed by atoms with Crippen LogP contribution in [0.25, 0.3) is 10.9 Å². The van der Waals surface area contributed by atoms with E-state index in [9.17, 15) is 20.0 Å². The molecule has 0 saturated carbocycles. The number of hydrogen-bond acceptors (Lipinski definition) is 4. The molecule has 0 aliphatic rings. The number of carboxylic acid groups (broad SMARTS) is 1. The van der Waals surface area contributed by atoms with Crippen LogP contribution in [0, 0.1) is 10.1 Å². The van der Waals surface area contributed by atoms with Crippen LogP contribution >= 0.6 is 0 Å². The lowest BCUT2D eigenvalue weighted by Gasteiger charge is -2.20. The zero-order valence-electron chi connectivity index (χ0n) is 19.2. The molecule has 4 rings (SSSR count). The minimum atomic E-state index is -1.05. The van der Waals surface area contributed by atoms with Gasteiger partial charge < -0.3 is 14.6 Å². The summed E-state index contributed by atoms with van der Waals surface area (Å²) < 4.78 is 1.80. The SMILES string of the molecule is CN(C)CCCn1c(C(=O)O)c(C(c2ccccc2)c2ccccc2)c2cc([N+](=O)[O-])ccc21. The predicted octanol–water partition coefficient (Wildman–Crippen LogP) is 5.38. The van der Waals surface area contributed by atoms with Crippen LogP contribution in [0.1, 0.15) is 39.5 Å². The maximum Gasteiger partial charge on any atom is 0.352 e. The molecule has 34 heavy (non-hydrogen) atoms. The Hall–Kier alpha value is -3.97. The average molecular weight is 458 g/mol. The lowest BCUT2D eigenvalue weighted by Crippen LogP contribution is -2.18. The van der Waals surface area contributed by atoms with Crippen LogP contribution in [-0.4, -0.2) is 46.1 Å². The van der Waals surface area contributed by atoms with E-state index >= 15 is 0 Å². The first-order valence-electron chi connectivity index (χ1n) is 11.2. The zero-order valence-corrected chi connectivity index (χ0v) is 19.2. The highest BCUT2D eigenvalue weighted by molar-refractivity contribution is 6.00. The number of nitrogens with zero attached hydrogens (tertiary/aromatic N) is 3. The smallest absolute Gasteiger partial charge is 0.352 e. The van der Waals surface area contributed by atoms with Crippen LogP contribution in [-0.2, 0) is 6.54 Å². The number of rotatable bonds is 9. The topological polar surface area (TPSA) is 88.6 Å². The van der Waals surface area contributed by atoms with Gasteiger partial charge in [0.25, 0.3) is 5.69 Å². The van der Waals surface area contributed by atoms with Crippen molar-refractivity contribution in [2.24, 2.45) is 0 Å². The van der Waals surface area contributed by atoms with Gasteiger partial charge in [-0.25, -0.2) is 4.79 Å². The maximum absolute atomic E-state index is 12.7. The van der Waals surface area contributed by atoms with E-state index in [1.54, 1.807) is 10.6 Å². The molecule has 7 heteroatoms. The van der Waals surface area contributed by atoms with E-state index < -0.39 is 16.8 Å². The fourth-order valence-electron chi connectivity index (χ4n) is 4.60. The highest BCUT2D eigenvalue weighted by Crippen LogP contribution is 2.41. The van der Waals surface area contributed by atoms with Crippen molar-refractivity contribution in [2.75, 3.05) is 20.6 Å². The van der Waals surface area contributed by atoms with Gasteiger partial charge in [0.05, 0.1) is 4.92 Å². The molecule has 1 heterocycles. The Morgan fingerprint density at radius 1 is 1.00 bits per heavy atom. The number of carboxylic acids is 1. The summed E-state index contributed by atoms with van der Waals surface area (Å²) in [5, 5.41) is 22.6. The van der Waals surface area contributed by atoms with E-state index in [0.29, 0.717) is 23.0 Å². The van der Waals surface area contributed by atoms with Gasteiger partial charge in [0, 0.05) is 41.1 Å². The lowest BCUT2D eigenvalue weighted by molar-refractivity contribution is -0.384. The first-order chi connectivity index (χ1) is 16.4. The molecule has 0 radical (unpaired) electrons. The number of nitro benzene ring substituents is 1. The molecule has 0 spiro atoms. The van der Waals surface area contributed by atoms with Crippen LogP contribution < -0.4 is 0 Å². The van der Waals surface area contributed by atoms with Gasteiger partial charge in [0.1, 0.15) is 5.69 Å². The Bertz CT molecular complexity index is 1270. The van der Waals surface area contributed by atoms with Gasteiger partial charge in [-0.2, -0.15) is 0 Å². The minimum absolute atomic E-state index is 0.0593. The standard InChI is InChI=1S/C27H27N3O4/c1-28(2)16-9-17-29-23-15-14-21(30(33)34)18-22(23)25(26(29)27(31)32)24(19-10-5-3-6-11-19)20-12-7-4-8-13-20/h3-8,10-15,18,24H,9,16-17H2,1-2H3,(H,31,32). The van der Waals surface area contributed by atoms with Crippen LogP contribution in [0.3, 0.4) is 0 Å². The third-order valence-electron chi connectivity index (χ3n) is 6.04. The Kier molecular flexibility index (Phi) is 6.75. The summed E-state index contributed by atoms with van der Waals surface area (Å²) in [6, 6.07) is 24.0. The highest BCUT2D eigenvalue weighted by Gasteiger charge is 2.31. The van der Waals surface area contributed by atoms with E-state index in [2.05, 4.69) is 4.90 Å². The minimum Gasteiger partial charge on any atom is -0.477 e. The van der Waals surface area contributed by atoms with Crippen LogP contribution in [0.5, 0.6) is 0 Å². The number of aryl methyl sites for hydroxylation is 1. The molecule has 174 valence electrons. The molecule has 0 bridgehead atoms. The molecule has 1 N–H and O–H groups in total. The maximum atomic E-state index is 12.7. The fraction of sp³-hybridized carbons (Fsp3) is 0.222. The number of non-ortho nitro benzene ring substituents is 1. The van der Waals surface area contributed by atoms with Gasteiger partial charge in [-0.3, -0.25) is 10.1 Å². The quantitative estimate of drug-likeness (QED) is 0.269. The molecule has 0 atom stereocenters. The van der Waals surface area contributed by atoms with Crippen molar-refractivity contribution in [3.8, 4) is 0 Å². The summed E-state index contributed by atoms with van der Waals surface area (Å²) >= 11 is 0. The Labute approximate surface area is 198 Å². The van der Waals surface area contributed by atoms with E-state index in [-0.39, 0.29) is 11.4 Å². The van der Waals surface area contributed by atoms with E-state index in [1.165, 1.54) is 12.1 Å². The second-order valence-corrected chi connectivity index (χ2v) is 8.59. The van der Waals surface area contributed by atoms with Gasteiger partial charge in [-0.05, 0) is 44.3 Å². The lowest BCUT2D eigenvalue weighted by atomic mass is 9.83. The molecule has 1 aromatic heterocycles. The molecule has 0 aliphatic heterocycles. The molecule has 7 nitrogen and oxygen atoms in total. The Morgan fingerprint density at radius 3 is 2.09 bits per heavy atom. The molecular formula is C27H27N3O4. The molecule has 0 aliphatic carbocycles. The second-order valence-electron chi connectivity index (χ2n) is 8.59. The molecular weight excluding hydrogens is 430 g/mol. The van der Waals surface area contributed by atoms with E-state index in [1.807, 2.05) is 74.8 Å². The molecule has 3 aromatic carbocycles. The summed E-state index contributed by atoms with van der Waals surface area (Å²) in [5.74, 6) is -1.44. The average Bonchev–Trinajstić information content (AvgIpc) is 3.14. The number of benzene rings is 3. The Balaban J connectivity index is 2.05. The van der Waals surface area contributed by atoms with Gasteiger partial charge >= 0.3 is 5.97 Å². The number of fused-ring (bicyclic) bond motifs is 1. The van der Waals surface area contributed by atoms with E-state index in [4.69, 9.17) is 0 Å². The van der Waals surface area contributed by atoms with Crippen molar-refractivity contribution < 1.29 is 14.8 Å². The number of carbonyl (C=O) groups is 1. The third-order valence-corrected chi connectivity index (χ3v) is 6.04.